The van der Waals surface area contributed by atoms with Crippen LogP contribution in [-0.4, -0.2) is 23.8 Å². The number of benzene rings is 1. The lowest BCUT2D eigenvalue weighted by molar-refractivity contribution is -0.114. The van der Waals surface area contributed by atoms with Crippen LogP contribution in [0.25, 0.3) is 5.70 Å². The summed E-state index contributed by atoms with van der Waals surface area (Å²) in [5.41, 5.74) is 3.36. The van der Waals surface area contributed by atoms with Crippen LogP contribution in [0, 0.1) is 0 Å². The number of rotatable bonds is 4. The third-order valence-corrected chi connectivity index (χ3v) is 3.58. The maximum Gasteiger partial charge on any atom is 0.160 e. The Labute approximate surface area is 109 Å². The third kappa shape index (κ3) is 2.47. The van der Waals surface area contributed by atoms with Crippen molar-refractivity contribution in [2.24, 2.45) is 0 Å². The minimum Gasteiger partial charge on any atom is -0.371 e. The number of hydrogen-bond acceptors (Lipinski definition) is 2. The normalized spacial score (nSPS) is 18.0. The van der Waals surface area contributed by atoms with E-state index in [2.05, 4.69) is 30.9 Å². The molecule has 18 heavy (non-hydrogen) atoms. The standard InChI is InChI=1S/C16H21NO/c1-3-17(4-2)16(13-9-6-5-7-10-13)14-11-8-12-15(14)18/h5-7,9-10H,3-4,8,11-12H2,1-2H3. The molecular formula is C16H21NO. The molecule has 1 saturated carbocycles. The van der Waals surface area contributed by atoms with Crippen LogP contribution in [0.15, 0.2) is 35.9 Å². The summed E-state index contributed by atoms with van der Waals surface area (Å²) >= 11 is 0. The van der Waals surface area contributed by atoms with Crippen LogP contribution in [0.2, 0.25) is 0 Å². The fraction of sp³-hybridized carbons (Fsp3) is 0.438. The molecule has 0 aliphatic heterocycles. The van der Waals surface area contributed by atoms with Crippen molar-refractivity contribution in [1.29, 1.82) is 0 Å². The van der Waals surface area contributed by atoms with E-state index >= 15 is 0 Å². The number of carbonyl (C=O) groups excluding carboxylic acids is 1. The maximum absolute atomic E-state index is 12.0. The molecule has 2 nitrogen and oxygen atoms in total. The Balaban J connectivity index is 2.50. The zero-order valence-electron chi connectivity index (χ0n) is 11.3. The van der Waals surface area contributed by atoms with Crippen molar-refractivity contribution in [1.82, 2.24) is 4.90 Å². The summed E-state index contributed by atoms with van der Waals surface area (Å²) in [6, 6.07) is 10.3. The molecule has 1 aromatic rings. The molecule has 1 aliphatic rings. The first-order chi connectivity index (χ1) is 8.77. The highest BCUT2D eigenvalue weighted by Gasteiger charge is 2.24. The van der Waals surface area contributed by atoms with Crippen molar-refractivity contribution < 1.29 is 4.79 Å². The smallest absolute Gasteiger partial charge is 0.160 e. The molecule has 2 rings (SSSR count). The second-order valence-corrected chi connectivity index (χ2v) is 4.64. The minimum absolute atomic E-state index is 0.334. The van der Waals surface area contributed by atoms with Crippen molar-refractivity contribution in [2.75, 3.05) is 13.1 Å². The van der Waals surface area contributed by atoms with Gasteiger partial charge in [0.1, 0.15) is 0 Å². The molecule has 0 heterocycles. The summed E-state index contributed by atoms with van der Waals surface area (Å²) in [6.45, 7) is 6.17. The van der Waals surface area contributed by atoms with Gasteiger partial charge in [-0.2, -0.15) is 0 Å². The molecule has 1 aliphatic carbocycles. The van der Waals surface area contributed by atoms with E-state index in [-0.39, 0.29) is 0 Å². The van der Waals surface area contributed by atoms with Crippen molar-refractivity contribution in [3.8, 4) is 0 Å². The molecule has 0 bridgehead atoms. The van der Waals surface area contributed by atoms with E-state index in [0.29, 0.717) is 12.2 Å². The highest BCUT2D eigenvalue weighted by atomic mass is 16.1. The van der Waals surface area contributed by atoms with Crippen molar-refractivity contribution in [3.05, 3.63) is 41.5 Å². The van der Waals surface area contributed by atoms with Gasteiger partial charge in [0.2, 0.25) is 0 Å². The second-order valence-electron chi connectivity index (χ2n) is 4.64. The zero-order chi connectivity index (χ0) is 13.0. The predicted octanol–water partition coefficient (Wildman–Crippen LogP) is 3.49. The Kier molecular flexibility index (Phi) is 4.19. The lowest BCUT2D eigenvalue weighted by Crippen LogP contribution is -2.23. The predicted molar refractivity (Wildman–Crippen MR) is 75.1 cm³/mol. The molecular weight excluding hydrogens is 222 g/mol. The van der Waals surface area contributed by atoms with E-state index in [0.717, 1.165) is 37.2 Å². The summed E-state index contributed by atoms with van der Waals surface area (Å²) in [5.74, 6) is 0.334. The molecule has 0 radical (unpaired) electrons. The molecule has 0 saturated heterocycles. The highest BCUT2D eigenvalue weighted by molar-refractivity contribution is 6.04. The van der Waals surface area contributed by atoms with Crippen molar-refractivity contribution in [3.63, 3.8) is 0 Å². The van der Waals surface area contributed by atoms with Gasteiger partial charge in [-0.05, 0) is 32.3 Å². The van der Waals surface area contributed by atoms with Crippen LogP contribution >= 0.6 is 0 Å². The quantitative estimate of drug-likeness (QED) is 0.754. The van der Waals surface area contributed by atoms with Gasteiger partial charge >= 0.3 is 0 Å². The maximum atomic E-state index is 12.0. The minimum atomic E-state index is 0.334. The number of nitrogens with zero attached hydrogens (tertiary/aromatic N) is 1. The Morgan fingerprint density at radius 2 is 1.78 bits per heavy atom. The Hall–Kier alpha value is -1.57. The van der Waals surface area contributed by atoms with Gasteiger partial charge in [0.15, 0.2) is 5.78 Å². The molecule has 0 unspecified atom stereocenters. The van der Waals surface area contributed by atoms with E-state index in [1.165, 1.54) is 5.56 Å². The molecule has 2 heteroatoms. The molecule has 1 fully saturated rings. The molecule has 0 amide bonds. The van der Waals surface area contributed by atoms with E-state index in [9.17, 15) is 4.79 Å². The largest absolute Gasteiger partial charge is 0.371 e. The number of Topliss-reactive ketones (excluding diaryl/α,β-unsaturated/α-hetero) is 1. The van der Waals surface area contributed by atoms with E-state index in [1.54, 1.807) is 0 Å². The van der Waals surface area contributed by atoms with Crippen LogP contribution in [0.5, 0.6) is 0 Å². The summed E-state index contributed by atoms with van der Waals surface area (Å²) in [6.07, 6.45) is 2.65. The van der Waals surface area contributed by atoms with Crippen molar-refractivity contribution >= 4 is 11.5 Å². The van der Waals surface area contributed by atoms with Crippen LogP contribution < -0.4 is 0 Å². The topological polar surface area (TPSA) is 20.3 Å². The Bertz CT molecular complexity index is 443. The average molecular weight is 243 g/mol. The van der Waals surface area contributed by atoms with Gasteiger partial charge in [0.05, 0.1) is 5.70 Å². The van der Waals surface area contributed by atoms with E-state index in [4.69, 9.17) is 0 Å². The molecule has 0 spiro atoms. The van der Waals surface area contributed by atoms with Gasteiger partial charge in [0.25, 0.3) is 0 Å². The fourth-order valence-electron chi connectivity index (χ4n) is 2.65. The van der Waals surface area contributed by atoms with Crippen LogP contribution in [0.3, 0.4) is 0 Å². The second kappa shape index (κ2) is 5.85. The SMILES string of the molecule is CCN(CC)C(=C1CCCC1=O)c1ccccc1. The first-order valence-corrected chi connectivity index (χ1v) is 6.84. The van der Waals surface area contributed by atoms with Crippen LogP contribution in [0.4, 0.5) is 0 Å². The van der Waals surface area contributed by atoms with Gasteiger partial charge in [-0.25, -0.2) is 0 Å². The van der Waals surface area contributed by atoms with Crippen molar-refractivity contribution in [2.45, 2.75) is 33.1 Å². The molecule has 0 aromatic heterocycles. The number of allylic oxidation sites excluding steroid dienone is 1. The van der Waals surface area contributed by atoms with Gasteiger partial charge < -0.3 is 4.90 Å². The average Bonchev–Trinajstić information content (AvgIpc) is 2.83. The molecule has 96 valence electrons. The van der Waals surface area contributed by atoms with Gasteiger partial charge in [-0.3, -0.25) is 4.79 Å². The monoisotopic (exact) mass is 243 g/mol. The third-order valence-electron chi connectivity index (χ3n) is 3.58. The lowest BCUT2D eigenvalue weighted by atomic mass is 10.0. The fourth-order valence-corrected chi connectivity index (χ4v) is 2.65. The first kappa shape index (κ1) is 12.9. The summed E-state index contributed by atoms with van der Waals surface area (Å²) in [4.78, 5) is 14.3. The number of carbonyl (C=O) groups is 1. The summed E-state index contributed by atoms with van der Waals surface area (Å²) in [5, 5.41) is 0. The molecule has 0 atom stereocenters. The molecule has 0 N–H and O–H groups in total. The lowest BCUT2D eigenvalue weighted by Gasteiger charge is -2.26. The van der Waals surface area contributed by atoms with E-state index < -0.39 is 0 Å². The Morgan fingerprint density at radius 3 is 2.28 bits per heavy atom. The van der Waals surface area contributed by atoms with Gasteiger partial charge in [-0.15, -0.1) is 0 Å². The van der Waals surface area contributed by atoms with Gasteiger partial charge in [0, 0.05) is 25.1 Å². The van der Waals surface area contributed by atoms with Crippen LogP contribution in [-0.2, 0) is 4.79 Å². The van der Waals surface area contributed by atoms with Crippen LogP contribution in [0.1, 0.15) is 38.7 Å². The Morgan fingerprint density at radius 1 is 1.11 bits per heavy atom. The zero-order valence-corrected chi connectivity index (χ0v) is 11.3. The first-order valence-electron chi connectivity index (χ1n) is 6.84. The number of ketones is 1. The number of hydrogen-bond donors (Lipinski definition) is 0. The van der Waals surface area contributed by atoms with Gasteiger partial charge in [-0.1, -0.05) is 30.3 Å². The highest BCUT2D eigenvalue weighted by Crippen LogP contribution is 2.31. The molecule has 1 aromatic carbocycles. The van der Waals surface area contributed by atoms with E-state index in [1.807, 2.05) is 18.2 Å². The summed E-state index contributed by atoms with van der Waals surface area (Å²) in [7, 11) is 0. The summed E-state index contributed by atoms with van der Waals surface area (Å²) < 4.78 is 0.